The molecule has 0 bridgehead atoms. The third kappa shape index (κ3) is 4.13. The minimum atomic E-state index is -0.0712. The summed E-state index contributed by atoms with van der Waals surface area (Å²) in [5, 5.41) is 0.707. The molecule has 132 valence electrons. The van der Waals surface area contributed by atoms with Gasteiger partial charge in [0, 0.05) is 38.8 Å². The van der Waals surface area contributed by atoms with Gasteiger partial charge in [0.15, 0.2) is 0 Å². The standard InChI is InChI=1S/C22H15ClN2OS/c23-17-7-9-19(10-8-17)27-20-14-16(21-5-1-3-11-24-21)13-18(15-20)25-12-4-2-6-22(25)26/h1-15H. The van der Waals surface area contributed by atoms with Gasteiger partial charge >= 0.3 is 0 Å². The van der Waals surface area contributed by atoms with Crippen molar-refractivity contribution in [3.05, 3.63) is 107 Å². The van der Waals surface area contributed by atoms with Crippen LogP contribution in [0.25, 0.3) is 16.9 Å². The number of nitrogens with zero attached hydrogens (tertiary/aromatic N) is 2. The molecule has 0 radical (unpaired) electrons. The largest absolute Gasteiger partial charge is 0.284 e. The predicted octanol–water partition coefficient (Wildman–Crippen LogP) is 5.70. The Morgan fingerprint density at radius 3 is 2.41 bits per heavy atom. The lowest BCUT2D eigenvalue weighted by Gasteiger charge is -2.11. The molecule has 4 rings (SSSR count). The van der Waals surface area contributed by atoms with Gasteiger partial charge in [-0.25, -0.2) is 0 Å². The highest BCUT2D eigenvalue weighted by molar-refractivity contribution is 7.99. The van der Waals surface area contributed by atoms with Crippen molar-refractivity contribution in [3.8, 4) is 16.9 Å². The first-order chi connectivity index (χ1) is 13.2. The lowest BCUT2D eigenvalue weighted by Crippen LogP contribution is -2.15. The second kappa shape index (κ2) is 7.82. The van der Waals surface area contributed by atoms with Gasteiger partial charge in [0.2, 0.25) is 0 Å². The zero-order chi connectivity index (χ0) is 18.6. The van der Waals surface area contributed by atoms with Crippen LogP contribution in [0.5, 0.6) is 0 Å². The van der Waals surface area contributed by atoms with E-state index in [4.69, 9.17) is 11.6 Å². The van der Waals surface area contributed by atoms with Gasteiger partial charge in [-0.05, 0) is 60.7 Å². The number of hydrogen-bond acceptors (Lipinski definition) is 3. The summed E-state index contributed by atoms with van der Waals surface area (Å²) in [6.45, 7) is 0. The van der Waals surface area contributed by atoms with Gasteiger partial charge in [-0.15, -0.1) is 0 Å². The Morgan fingerprint density at radius 2 is 1.67 bits per heavy atom. The summed E-state index contributed by atoms with van der Waals surface area (Å²) in [5.41, 5.74) is 2.56. The normalized spacial score (nSPS) is 10.7. The maximum absolute atomic E-state index is 12.3. The van der Waals surface area contributed by atoms with E-state index in [0.717, 1.165) is 26.7 Å². The van der Waals surface area contributed by atoms with Gasteiger partial charge in [0.25, 0.3) is 5.56 Å². The summed E-state index contributed by atoms with van der Waals surface area (Å²) >= 11 is 7.61. The molecule has 0 aliphatic carbocycles. The molecule has 2 aromatic heterocycles. The fourth-order valence-corrected chi connectivity index (χ4v) is 3.78. The molecule has 0 aliphatic rings. The van der Waals surface area contributed by atoms with Crippen LogP contribution < -0.4 is 5.56 Å². The van der Waals surface area contributed by atoms with E-state index in [0.29, 0.717) is 5.02 Å². The fraction of sp³-hybridized carbons (Fsp3) is 0. The Labute approximate surface area is 166 Å². The number of pyridine rings is 2. The van der Waals surface area contributed by atoms with Gasteiger partial charge in [-0.3, -0.25) is 14.3 Å². The highest BCUT2D eigenvalue weighted by Gasteiger charge is 2.08. The quantitative estimate of drug-likeness (QED) is 0.448. The van der Waals surface area contributed by atoms with E-state index in [1.807, 2.05) is 60.7 Å². The van der Waals surface area contributed by atoms with Crippen LogP contribution in [0.1, 0.15) is 0 Å². The van der Waals surface area contributed by atoms with Gasteiger partial charge < -0.3 is 0 Å². The van der Waals surface area contributed by atoms with Crippen molar-refractivity contribution in [1.82, 2.24) is 9.55 Å². The first kappa shape index (κ1) is 17.6. The summed E-state index contributed by atoms with van der Waals surface area (Å²) in [7, 11) is 0. The molecule has 0 aliphatic heterocycles. The smallest absolute Gasteiger partial charge is 0.255 e. The maximum atomic E-state index is 12.3. The summed E-state index contributed by atoms with van der Waals surface area (Å²) in [6.07, 6.45) is 3.54. The Morgan fingerprint density at radius 1 is 0.852 bits per heavy atom. The molecular formula is C22H15ClN2OS. The van der Waals surface area contributed by atoms with Crippen molar-refractivity contribution in [3.63, 3.8) is 0 Å². The van der Waals surface area contributed by atoms with Crippen molar-refractivity contribution in [2.24, 2.45) is 0 Å². The second-order valence-electron chi connectivity index (χ2n) is 5.90. The van der Waals surface area contributed by atoms with E-state index in [9.17, 15) is 4.79 Å². The van der Waals surface area contributed by atoms with Crippen LogP contribution in [0.3, 0.4) is 0 Å². The SMILES string of the molecule is O=c1ccccn1-c1cc(Sc2ccc(Cl)cc2)cc(-c2ccccn2)c1. The molecule has 0 saturated heterocycles. The number of benzene rings is 2. The Balaban J connectivity index is 1.83. The second-order valence-corrected chi connectivity index (χ2v) is 7.48. The van der Waals surface area contributed by atoms with E-state index in [2.05, 4.69) is 11.1 Å². The molecule has 2 aromatic carbocycles. The van der Waals surface area contributed by atoms with Crippen LogP contribution in [0, 0.1) is 0 Å². The van der Waals surface area contributed by atoms with Gasteiger partial charge in [-0.1, -0.05) is 35.5 Å². The highest BCUT2D eigenvalue weighted by Crippen LogP contribution is 2.33. The molecule has 2 heterocycles. The molecule has 4 aromatic rings. The molecule has 0 fully saturated rings. The van der Waals surface area contributed by atoms with Crippen LogP contribution in [-0.4, -0.2) is 9.55 Å². The monoisotopic (exact) mass is 390 g/mol. The minimum absolute atomic E-state index is 0.0712. The molecule has 5 heteroatoms. The number of rotatable bonds is 4. The van der Waals surface area contributed by atoms with E-state index in [-0.39, 0.29) is 5.56 Å². The van der Waals surface area contributed by atoms with Crippen LogP contribution in [0.2, 0.25) is 5.02 Å². The fourth-order valence-electron chi connectivity index (χ4n) is 2.74. The molecule has 0 unspecified atom stereocenters. The first-order valence-electron chi connectivity index (χ1n) is 8.37. The van der Waals surface area contributed by atoms with Crippen LogP contribution in [0.15, 0.2) is 106 Å². The van der Waals surface area contributed by atoms with E-state index < -0.39 is 0 Å². The molecule has 0 atom stereocenters. The van der Waals surface area contributed by atoms with Crippen molar-refractivity contribution in [2.45, 2.75) is 9.79 Å². The van der Waals surface area contributed by atoms with Crippen molar-refractivity contribution in [2.75, 3.05) is 0 Å². The first-order valence-corrected chi connectivity index (χ1v) is 9.56. The Kier molecular flexibility index (Phi) is 5.10. The Bertz CT molecular complexity index is 1120. The molecule has 0 spiro atoms. The summed E-state index contributed by atoms with van der Waals surface area (Å²) in [6, 6.07) is 24.7. The molecular weight excluding hydrogens is 376 g/mol. The van der Waals surface area contributed by atoms with Crippen molar-refractivity contribution < 1.29 is 0 Å². The topological polar surface area (TPSA) is 34.9 Å². The van der Waals surface area contributed by atoms with Gasteiger partial charge in [0.1, 0.15) is 0 Å². The predicted molar refractivity (Wildman–Crippen MR) is 111 cm³/mol. The third-order valence-corrected chi connectivity index (χ3v) is 5.23. The van der Waals surface area contributed by atoms with Gasteiger partial charge in [0.05, 0.1) is 11.4 Å². The zero-order valence-corrected chi connectivity index (χ0v) is 15.8. The Hall–Kier alpha value is -2.82. The zero-order valence-electron chi connectivity index (χ0n) is 14.2. The summed E-state index contributed by atoms with van der Waals surface area (Å²) < 4.78 is 1.64. The molecule has 0 N–H and O–H groups in total. The lowest BCUT2D eigenvalue weighted by atomic mass is 10.1. The van der Waals surface area contributed by atoms with E-state index in [1.165, 1.54) is 0 Å². The van der Waals surface area contributed by atoms with Crippen LogP contribution in [0.4, 0.5) is 0 Å². The summed E-state index contributed by atoms with van der Waals surface area (Å²) in [5.74, 6) is 0. The minimum Gasteiger partial charge on any atom is -0.284 e. The molecule has 0 saturated carbocycles. The highest BCUT2D eigenvalue weighted by atomic mass is 35.5. The number of hydrogen-bond donors (Lipinski definition) is 0. The van der Waals surface area contributed by atoms with Crippen molar-refractivity contribution in [1.29, 1.82) is 0 Å². The van der Waals surface area contributed by atoms with E-state index in [1.54, 1.807) is 40.9 Å². The average molecular weight is 391 g/mol. The van der Waals surface area contributed by atoms with Crippen LogP contribution in [-0.2, 0) is 0 Å². The third-order valence-electron chi connectivity index (χ3n) is 4.00. The lowest BCUT2D eigenvalue weighted by molar-refractivity contribution is 0.984. The molecule has 3 nitrogen and oxygen atoms in total. The van der Waals surface area contributed by atoms with E-state index >= 15 is 0 Å². The number of halogens is 1. The molecule has 0 amide bonds. The number of aromatic nitrogens is 2. The molecule has 27 heavy (non-hydrogen) atoms. The van der Waals surface area contributed by atoms with Crippen LogP contribution >= 0.6 is 23.4 Å². The maximum Gasteiger partial charge on any atom is 0.255 e. The van der Waals surface area contributed by atoms with Crippen molar-refractivity contribution >= 4 is 23.4 Å². The average Bonchev–Trinajstić information content (AvgIpc) is 2.70. The summed E-state index contributed by atoms with van der Waals surface area (Å²) in [4.78, 5) is 18.8. The van der Waals surface area contributed by atoms with Gasteiger partial charge in [-0.2, -0.15) is 0 Å².